The molecule has 16 atom stereocenters. The summed E-state index contributed by atoms with van der Waals surface area (Å²) in [5.41, 5.74) is 5.12. The third kappa shape index (κ3) is 65.5. The Labute approximate surface area is 798 Å². The van der Waals surface area contributed by atoms with Crippen LogP contribution in [0.4, 0.5) is 0 Å². The molecule has 30 nitrogen and oxygen atoms in total. The smallest absolute Gasteiger partial charge is 0.244 e. The molecule has 18 N–H and O–H groups in total. The summed E-state index contributed by atoms with van der Waals surface area (Å²) in [4.78, 5) is 116. The van der Waals surface area contributed by atoms with Crippen molar-refractivity contribution >= 4 is 65.8 Å². The van der Waals surface area contributed by atoms with Crippen LogP contribution in [0.2, 0.25) is 0 Å². The van der Waals surface area contributed by atoms with Crippen molar-refractivity contribution in [2.24, 2.45) is 11.7 Å². The first-order chi connectivity index (χ1) is 62.7. The Morgan fingerprint density at radius 3 is 0.763 bits per heavy atom. The monoisotopic (exact) mass is 1880 g/mol. The van der Waals surface area contributed by atoms with E-state index < -0.39 is 84.8 Å². The number of primary amides is 1. The second kappa shape index (κ2) is 79.1. The molecule has 131 heavy (non-hydrogen) atoms. The summed E-state index contributed by atoms with van der Waals surface area (Å²) in [7, 11) is 0. The Morgan fingerprint density at radius 2 is 0.511 bits per heavy atom. The van der Waals surface area contributed by atoms with Crippen molar-refractivity contribution in [1.82, 2.24) is 62.1 Å². The molecule has 4 saturated heterocycles. The maximum absolute atomic E-state index is 12.3. The lowest BCUT2D eigenvalue weighted by atomic mass is 9.98. The lowest BCUT2D eigenvalue weighted by Crippen LogP contribution is -2.63. The topological polar surface area (TPSA) is 451 Å². The van der Waals surface area contributed by atoms with Crippen LogP contribution in [0.5, 0.6) is 0 Å². The van der Waals surface area contributed by atoms with Gasteiger partial charge in [-0.1, -0.05) is 247 Å². The van der Waals surface area contributed by atoms with Gasteiger partial charge in [0.05, 0.1) is 48.8 Å². The van der Waals surface area contributed by atoms with Gasteiger partial charge in [0, 0.05) is 64.5 Å². The molecule has 4 fully saturated rings. The first kappa shape index (κ1) is 124. The molecule has 16 unspecified atom stereocenters. The van der Waals surface area contributed by atoms with Crippen LogP contribution in [0.3, 0.4) is 0 Å². The van der Waals surface area contributed by atoms with Gasteiger partial charge < -0.3 is 89.1 Å². The fourth-order valence-corrected chi connectivity index (χ4v) is 17.8. The van der Waals surface area contributed by atoms with E-state index in [2.05, 4.69) is 102 Å². The van der Waals surface area contributed by atoms with E-state index in [1.54, 1.807) is 34.6 Å². The molecule has 4 heterocycles. The fraction of sp³-hybridized carbons (Fsp3) is 0.910. The van der Waals surface area contributed by atoms with E-state index in [-0.39, 0.29) is 84.3 Å². The third-order valence-corrected chi connectivity index (χ3v) is 25.4. The van der Waals surface area contributed by atoms with Gasteiger partial charge in [0.15, 0.2) is 0 Å². The Hall–Kier alpha value is -4.90. The summed E-state index contributed by atoms with van der Waals surface area (Å²) in [5.74, 6) is -1.44. The molecular weight excluding hydrogens is 1690 g/mol. The number of nitrogens with one attached hydrogen (secondary N) is 8. The molecule has 0 saturated carbocycles. The first-order valence-electron chi connectivity index (χ1n) is 52.3. The third-order valence-electron chi connectivity index (χ3n) is 25.1. The maximum atomic E-state index is 12.3. The number of unbranched alkanes of at least 4 members (excludes halogenated alkanes) is 32. The Morgan fingerprint density at radius 1 is 0.290 bits per heavy atom. The number of nitrogens with two attached hydrogens (primary N) is 1. The van der Waals surface area contributed by atoms with Crippen LogP contribution >= 0.6 is 12.6 Å². The van der Waals surface area contributed by atoms with E-state index in [0.29, 0.717) is 90.3 Å². The zero-order valence-electron chi connectivity index (χ0n) is 83.9. The highest BCUT2D eigenvalue weighted by Crippen LogP contribution is 2.21. The van der Waals surface area contributed by atoms with Gasteiger partial charge in [0.1, 0.15) is 48.3 Å². The van der Waals surface area contributed by atoms with Gasteiger partial charge in [-0.2, -0.15) is 12.6 Å². The SMILES string of the molecule is CCCCCCCCCCC(O)CN(CCCCC1NC(=O)C(C(C)C)NC1=O)CC(C)O.CCCCCCCCCCC(O)CN(CCCCC1NC(=O)C(C)NC1=O)CC(C)O.CCCCCCCCCCC(O)CN(CCCCC1NC(=O)C(CCC(N)=O)NC1=O)CC(C)O.CCCCCCCCCCC(O)CN(CCCCC1NC(=O)C(CS)NC1=O)CC(C)O. The highest BCUT2D eigenvalue weighted by atomic mass is 32.1. The van der Waals surface area contributed by atoms with Crippen LogP contribution in [0.1, 0.15) is 397 Å². The van der Waals surface area contributed by atoms with Crippen molar-refractivity contribution in [2.45, 2.75) is 494 Å². The van der Waals surface area contributed by atoms with Crippen LogP contribution in [0, 0.1) is 5.92 Å². The van der Waals surface area contributed by atoms with Crippen molar-refractivity contribution < 1.29 is 84.0 Å². The predicted molar refractivity (Wildman–Crippen MR) is 529 cm³/mol. The first-order valence-corrected chi connectivity index (χ1v) is 53.0. The van der Waals surface area contributed by atoms with Crippen molar-refractivity contribution in [3.8, 4) is 0 Å². The molecule has 0 bridgehead atoms. The molecule has 4 rings (SSSR count). The molecule has 4 aliphatic rings. The molecular formula is C100H195N13O17S. The Balaban J connectivity index is 0.000000874. The van der Waals surface area contributed by atoms with Gasteiger partial charge in [0.2, 0.25) is 53.2 Å². The van der Waals surface area contributed by atoms with Crippen LogP contribution in [-0.4, -0.2) is 295 Å². The average molecular weight is 1880 g/mol. The van der Waals surface area contributed by atoms with Gasteiger partial charge in [-0.15, -0.1) is 0 Å². The Bertz CT molecular complexity index is 2930. The lowest BCUT2D eigenvalue weighted by Gasteiger charge is -2.32. The quantitative estimate of drug-likeness (QED) is 0.0199. The standard InChI is InChI=1S/C26H50N4O5.C26H51N3O4.C24H47N3O4S.C24H47N3O4/c1-3-4-5-6-7-8-9-10-13-21(32)19-30(18-20(2)31)17-12-11-14-22-25(34)29-23(26(35)28-22)15-16-24(27)33;1-5-6-7-8-9-10-11-12-15-22(31)19-29(18-21(4)30)17-14-13-16-23-25(32)28-24(20(2)3)26(33)27-23;1-3-4-5-6-7-8-9-10-13-20(29)17-27(16-19(2)28)15-12-11-14-21-23(30)26-22(18-32)24(31)25-21;1-4-5-6-7-8-9-10-11-14-21(29)18-27(17-19(2)28)16-13-12-15-22-24(31)25-20(3)23(30)26-22/h20-23,31-32H,3-19H2,1-2H3,(H2,27,33)(H,28,35)(H,29,34);20-24,30-31H,5-19H2,1-4H3,(H,27,33)(H,28,32);19-22,28-29,32H,3-18H2,1-2H3,(H,25,31)(H,26,30);19-22,28-29H,4-18H2,1-3H3,(H,25,31)(H,26,30). The van der Waals surface area contributed by atoms with Crippen LogP contribution < -0.4 is 48.3 Å². The molecule has 31 heteroatoms. The average Bonchev–Trinajstić information content (AvgIpc) is 0.867. The van der Waals surface area contributed by atoms with Crippen molar-refractivity contribution in [2.75, 3.05) is 84.3 Å². The zero-order chi connectivity index (χ0) is 97.5. The number of carbonyl (C=O) groups is 9. The lowest BCUT2D eigenvalue weighted by molar-refractivity contribution is -0.138. The number of rotatable bonds is 77. The van der Waals surface area contributed by atoms with E-state index in [1.807, 2.05) is 13.8 Å². The van der Waals surface area contributed by atoms with E-state index in [1.165, 1.54) is 173 Å². The van der Waals surface area contributed by atoms with Gasteiger partial charge in [-0.05, 0) is 176 Å². The summed E-state index contributed by atoms with van der Waals surface area (Å²) in [6.45, 7) is 28.8. The largest absolute Gasteiger partial charge is 0.392 e. The summed E-state index contributed by atoms with van der Waals surface area (Å²) in [6.07, 6.45) is 48.8. The van der Waals surface area contributed by atoms with Crippen molar-refractivity contribution in [3.05, 3.63) is 0 Å². The normalized spacial score (nSPS) is 20.6. The van der Waals surface area contributed by atoms with Gasteiger partial charge >= 0.3 is 0 Å². The van der Waals surface area contributed by atoms with E-state index in [4.69, 9.17) is 5.73 Å². The zero-order valence-corrected chi connectivity index (χ0v) is 84.8. The van der Waals surface area contributed by atoms with Crippen LogP contribution in [0.15, 0.2) is 0 Å². The van der Waals surface area contributed by atoms with Crippen molar-refractivity contribution in [1.29, 1.82) is 0 Å². The summed E-state index contributed by atoms with van der Waals surface area (Å²) < 4.78 is 0. The highest BCUT2D eigenvalue weighted by Gasteiger charge is 2.37. The summed E-state index contributed by atoms with van der Waals surface area (Å²) in [6, 6.07) is -4.17. The summed E-state index contributed by atoms with van der Waals surface area (Å²) in [5, 5.41) is 103. The highest BCUT2D eigenvalue weighted by molar-refractivity contribution is 7.80. The Kier molecular flexibility index (Phi) is 74.9. The molecule has 0 aromatic carbocycles. The molecule has 0 spiro atoms. The van der Waals surface area contributed by atoms with E-state index >= 15 is 0 Å². The molecule has 768 valence electrons. The van der Waals surface area contributed by atoms with E-state index in [9.17, 15) is 84.0 Å². The second-order valence-electron chi connectivity index (χ2n) is 39.1. The number of aliphatic hydroxyl groups is 8. The molecule has 0 aliphatic carbocycles. The van der Waals surface area contributed by atoms with E-state index in [0.717, 1.165) is 129 Å². The number of thiol groups is 1. The molecule has 0 radical (unpaired) electrons. The number of piperazine rings is 4. The molecule has 0 aromatic heterocycles. The molecule has 0 aromatic rings. The van der Waals surface area contributed by atoms with Gasteiger partial charge in [-0.25, -0.2) is 0 Å². The summed E-state index contributed by atoms with van der Waals surface area (Å²) >= 11 is 4.08. The molecule has 4 aliphatic heterocycles. The number of carbonyl (C=O) groups excluding carboxylic acids is 9. The van der Waals surface area contributed by atoms with Crippen LogP contribution in [-0.2, 0) is 43.2 Å². The fourth-order valence-electron chi connectivity index (χ4n) is 17.5. The van der Waals surface area contributed by atoms with Crippen LogP contribution in [0.25, 0.3) is 0 Å². The minimum Gasteiger partial charge on any atom is -0.392 e. The van der Waals surface area contributed by atoms with Gasteiger partial charge in [0.25, 0.3) is 0 Å². The maximum Gasteiger partial charge on any atom is 0.244 e. The minimum atomic E-state index is -0.713. The number of aliphatic hydroxyl groups excluding tert-OH is 8. The van der Waals surface area contributed by atoms with Gasteiger partial charge in [-0.3, -0.25) is 62.8 Å². The number of amides is 9. The minimum absolute atomic E-state index is 0.0487. The van der Waals surface area contributed by atoms with Crippen molar-refractivity contribution in [3.63, 3.8) is 0 Å². The molecule has 9 amide bonds. The number of hydrogen-bond acceptors (Lipinski definition) is 22. The predicted octanol–water partition coefficient (Wildman–Crippen LogP) is 10.7. The number of hydrogen-bond donors (Lipinski definition) is 18. The number of nitrogens with zero attached hydrogens (tertiary/aromatic N) is 4. The second-order valence-corrected chi connectivity index (χ2v) is 39.5.